The van der Waals surface area contributed by atoms with Crippen molar-refractivity contribution >= 4 is 28.4 Å². The summed E-state index contributed by atoms with van der Waals surface area (Å²) in [5, 5.41) is 17.2. The number of benzene rings is 1. The van der Waals surface area contributed by atoms with Crippen molar-refractivity contribution in [1.82, 2.24) is 24.6 Å². The number of anilines is 2. The second-order valence-electron chi connectivity index (χ2n) is 6.67. The standard InChI is InChI=1S/C19H20N8O/c1-25-18-15(11-23-25)19(22-13-21-18)27-8-6-26(7-9-27)12-17(28)24-16-5-3-2-4-14(16)10-20/h2-5,11,13H,6-9,12H2,1H3,(H,24,28). The van der Waals surface area contributed by atoms with E-state index in [-0.39, 0.29) is 5.91 Å². The molecule has 1 aliphatic heterocycles. The van der Waals surface area contributed by atoms with Crippen molar-refractivity contribution < 1.29 is 4.79 Å². The van der Waals surface area contributed by atoms with Crippen LogP contribution in [0.4, 0.5) is 11.5 Å². The minimum absolute atomic E-state index is 0.118. The number of nitriles is 1. The van der Waals surface area contributed by atoms with Crippen molar-refractivity contribution in [2.75, 3.05) is 42.9 Å². The lowest BCUT2D eigenvalue weighted by atomic mass is 10.2. The first-order valence-electron chi connectivity index (χ1n) is 9.04. The van der Waals surface area contributed by atoms with E-state index in [9.17, 15) is 4.79 Å². The van der Waals surface area contributed by atoms with Crippen molar-refractivity contribution in [3.63, 3.8) is 0 Å². The molecule has 0 saturated carbocycles. The first-order valence-corrected chi connectivity index (χ1v) is 9.04. The van der Waals surface area contributed by atoms with Gasteiger partial charge in [0.25, 0.3) is 0 Å². The van der Waals surface area contributed by atoms with Crippen molar-refractivity contribution in [2.24, 2.45) is 7.05 Å². The van der Waals surface area contributed by atoms with E-state index >= 15 is 0 Å². The Balaban J connectivity index is 1.36. The summed E-state index contributed by atoms with van der Waals surface area (Å²) in [7, 11) is 1.86. The van der Waals surface area contributed by atoms with Gasteiger partial charge in [0.2, 0.25) is 5.91 Å². The molecule has 3 heterocycles. The normalized spacial score (nSPS) is 14.8. The van der Waals surface area contributed by atoms with Gasteiger partial charge in [-0.2, -0.15) is 10.4 Å². The topological polar surface area (TPSA) is 103 Å². The second kappa shape index (κ2) is 7.62. The number of piperazine rings is 1. The minimum atomic E-state index is -0.118. The third-order valence-corrected chi connectivity index (χ3v) is 4.87. The predicted octanol–water partition coefficient (Wildman–Crippen LogP) is 0.996. The Labute approximate surface area is 162 Å². The van der Waals surface area contributed by atoms with Gasteiger partial charge in [0.1, 0.15) is 18.2 Å². The van der Waals surface area contributed by atoms with Crippen LogP contribution in [0, 0.1) is 11.3 Å². The molecule has 9 heteroatoms. The fraction of sp³-hybridized carbons (Fsp3) is 0.316. The molecule has 0 bridgehead atoms. The molecule has 1 saturated heterocycles. The molecule has 0 aliphatic carbocycles. The summed E-state index contributed by atoms with van der Waals surface area (Å²) in [5.74, 6) is 0.762. The number of carbonyl (C=O) groups is 1. The highest BCUT2D eigenvalue weighted by molar-refractivity contribution is 5.93. The Morgan fingerprint density at radius 1 is 1.21 bits per heavy atom. The molecule has 28 heavy (non-hydrogen) atoms. The average molecular weight is 376 g/mol. The van der Waals surface area contributed by atoms with E-state index in [1.54, 1.807) is 41.5 Å². The Morgan fingerprint density at radius 2 is 2.00 bits per heavy atom. The zero-order valence-electron chi connectivity index (χ0n) is 15.5. The van der Waals surface area contributed by atoms with Gasteiger partial charge in [0.15, 0.2) is 5.65 Å². The number of nitrogens with one attached hydrogen (secondary N) is 1. The minimum Gasteiger partial charge on any atom is -0.353 e. The molecule has 9 nitrogen and oxygen atoms in total. The van der Waals surface area contributed by atoms with E-state index in [4.69, 9.17) is 5.26 Å². The molecule has 142 valence electrons. The number of rotatable bonds is 4. The number of nitrogens with zero attached hydrogens (tertiary/aromatic N) is 7. The summed E-state index contributed by atoms with van der Waals surface area (Å²) in [6, 6.07) is 9.10. The smallest absolute Gasteiger partial charge is 0.238 e. The maximum absolute atomic E-state index is 12.4. The second-order valence-corrected chi connectivity index (χ2v) is 6.67. The lowest BCUT2D eigenvalue weighted by Crippen LogP contribution is -2.49. The summed E-state index contributed by atoms with van der Waals surface area (Å²) >= 11 is 0. The largest absolute Gasteiger partial charge is 0.353 e. The molecule has 1 N–H and O–H groups in total. The molecule has 2 aromatic heterocycles. The molecule has 3 aromatic rings. The van der Waals surface area contributed by atoms with Crippen molar-refractivity contribution in [3.8, 4) is 6.07 Å². The van der Waals surface area contributed by atoms with E-state index in [1.165, 1.54) is 0 Å². The van der Waals surface area contributed by atoms with Gasteiger partial charge >= 0.3 is 0 Å². The van der Waals surface area contributed by atoms with Gasteiger partial charge in [0, 0.05) is 33.2 Å². The van der Waals surface area contributed by atoms with Gasteiger partial charge < -0.3 is 10.2 Å². The zero-order valence-corrected chi connectivity index (χ0v) is 15.5. The number of amides is 1. The summed E-state index contributed by atoms with van der Waals surface area (Å²) in [6.07, 6.45) is 3.35. The van der Waals surface area contributed by atoms with E-state index in [1.807, 2.05) is 7.05 Å². The molecule has 0 unspecified atom stereocenters. The molecule has 1 amide bonds. The molecule has 0 atom stereocenters. The first-order chi connectivity index (χ1) is 13.7. The van der Waals surface area contributed by atoms with Gasteiger partial charge in [-0.1, -0.05) is 12.1 Å². The van der Waals surface area contributed by atoms with Gasteiger partial charge in [-0.15, -0.1) is 0 Å². The van der Waals surface area contributed by atoms with Gasteiger partial charge in [0.05, 0.1) is 29.4 Å². The maximum atomic E-state index is 12.4. The van der Waals surface area contributed by atoms with Crippen LogP contribution in [0.25, 0.3) is 11.0 Å². The number of carbonyl (C=O) groups excluding carboxylic acids is 1. The van der Waals surface area contributed by atoms with Crippen LogP contribution in [0.2, 0.25) is 0 Å². The monoisotopic (exact) mass is 376 g/mol. The van der Waals surface area contributed by atoms with Crippen LogP contribution in [0.15, 0.2) is 36.8 Å². The van der Waals surface area contributed by atoms with E-state index in [0.717, 1.165) is 43.0 Å². The molecule has 1 fully saturated rings. The number of hydrogen-bond donors (Lipinski definition) is 1. The number of hydrogen-bond acceptors (Lipinski definition) is 7. The van der Waals surface area contributed by atoms with Crippen LogP contribution in [0.1, 0.15) is 5.56 Å². The van der Waals surface area contributed by atoms with Gasteiger partial charge in [-0.05, 0) is 12.1 Å². The van der Waals surface area contributed by atoms with E-state index in [0.29, 0.717) is 17.8 Å². The first kappa shape index (κ1) is 17.9. The van der Waals surface area contributed by atoms with Gasteiger partial charge in [-0.25, -0.2) is 9.97 Å². The van der Waals surface area contributed by atoms with Crippen LogP contribution in [-0.4, -0.2) is 63.3 Å². The highest BCUT2D eigenvalue weighted by atomic mass is 16.2. The van der Waals surface area contributed by atoms with Gasteiger partial charge in [-0.3, -0.25) is 14.4 Å². The zero-order chi connectivity index (χ0) is 19.5. The van der Waals surface area contributed by atoms with Crippen molar-refractivity contribution in [1.29, 1.82) is 5.26 Å². The van der Waals surface area contributed by atoms with Crippen molar-refractivity contribution in [2.45, 2.75) is 0 Å². The fourth-order valence-corrected chi connectivity index (χ4v) is 3.40. The summed E-state index contributed by atoms with van der Waals surface area (Å²) in [4.78, 5) is 25.4. The molecule has 1 aromatic carbocycles. The number of aryl methyl sites for hydroxylation is 1. The fourth-order valence-electron chi connectivity index (χ4n) is 3.40. The molecular weight excluding hydrogens is 356 g/mol. The third kappa shape index (κ3) is 3.50. The Morgan fingerprint density at radius 3 is 2.79 bits per heavy atom. The predicted molar refractivity (Wildman–Crippen MR) is 105 cm³/mol. The van der Waals surface area contributed by atoms with E-state index < -0.39 is 0 Å². The number of fused-ring (bicyclic) bond motifs is 1. The quantitative estimate of drug-likeness (QED) is 0.724. The molecule has 0 spiro atoms. The van der Waals surface area contributed by atoms with Crippen LogP contribution in [0.3, 0.4) is 0 Å². The van der Waals surface area contributed by atoms with Crippen molar-refractivity contribution in [3.05, 3.63) is 42.4 Å². The highest BCUT2D eigenvalue weighted by Crippen LogP contribution is 2.23. The lowest BCUT2D eigenvalue weighted by Gasteiger charge is -2.35. The maximum Gasteiger partial charge on any atom is 0.238 e. The van der Waals surface area contributed by atoms with Crippen LogP contribution < -0.4 is 10.2 Å². The van der Waals surface area contributed by atoms with Crippen LogP contribution in [0.5, 0.6) is 0 Å². The number of aromatic nitrogens is 4. The Kier molecular flexibility index (Phi) is 4.87. The number of para-hydroxylation sites is 1. The van der Waals surface area contributed by atoms with E-state index in [2.05, 4.69) is 36.3 Å². The molecular formula is C19H20N8O. The molecule has 4 rings (SSSR count). The van der Waals surface area contributed by atoms with Crippen LogP contribution in [-0.2, 0) is 11.8 Å². The Hall–Kier alpha value is -3.51. The Bertz CT molecular complexity index is 1050. The lowest BCUT2D eigenvalue weighted by molar-refractivity contribution is -0.117. The highest BCUT2D eigenvalue weighted by Gasteiger charge is 2.22. The summed E-state index contributed by atoms with van der Waals surface area (Å²) < 4.78 is 1.74. The van der Waals surface area contributed by atoms with Crippen LogP contribution >= 0.6 is 0 Å². The third-order valence-electron chi connectivity index (χ3n) is 4.87. The SMILES string of the molecule is Cn1ncc2c(N3CCN(CC(=O)Nc4ccccc4C#N)CC3)ncnc21. The molecule has 0 radical (unpaired) electrons. The average Bonchev–Trinajstić information content (AvgIpc) is 3.10. The summed E-state index contributed by atoms with van der Waals surface area (Å²) in [5.41, 5.74) is 1.82. The summed E-state index contributed by atoms with van der Waals surface area (Å²) in [6.45, 7) is 3.32. The molecule has 1 aliphatic rings.